The molecule has 0 radical (unpaired) electrons. The number of aliphatic hydroxyl groups excluding tert-OH is 1. The largest absolute Gasteiger partial charge is 0.391 e. The molecule has 0 aliphatic carbocycles. The third kappa shape index (κ3) is 3.07. The molecule has 1 aliphatic heterocycles. The summed E-state index contributed by atoms with van der Waals surface area (Å²) in [4.78, 5) is 3.11. The Morgan fingerprint density at radius 2 is 2.10 bits per heavy atom. The summed E-state index contributed by atoms with van der Waals surface area (Å²) in [5.41, 5.74) is 0. The van der Waals surface area contributed by atoms with Gasteiger partial charge in [0, 0.05) is 18.0 Å². The number of likely N-dealkylation sites (tertiary alicyclic amines) is 1. The van der Waals surface area contributed by atoms with Crippen molar-refractivity contribution in [3.63, 3.8) is 0 Å². The van der Waals surface area contributed by atoms with Gasteiger partial charge in [-0.3, -0.25) is 0 Å². The highest BCUT2D eigenvalue weighted by Crippen LogP contribution is 2.28. The molecule has 5 nitrogen and oxygen atoms in total. The first-order valence-corrected chi connectivity index (χ1v) is 9.20. The molecule has 0 aromatic carbocycles. The summed E-state index contributed by atoms with van der Waals surface area (Å²) in [6, 6.07) is 1.64. The third-order valence-corrected chi connectivity index (χ3v) is 7.05. The van der Waals surface area contributed by atoms with Crippen LogP contribution in [-0.2, 0) is 16.6 Å². The summed E-state index contributed by atoms with van der Waals surface area (Å²) in [5.74, 6) is 0. The fraction of sp³-hybridized carbons (Fsp3) is 0.692. The Hall–Kier alpha value is -0.470. The van der Waals surface area contributed by atoms with Crippen molar-refractivity contribution in [3.05, 3.63) is 16.3 Å². The minimum atomic E-state index is -3.50. The minimum absolute atomic E-state index is 0.0502. The fourth-order valence-electron chi connectivity index (χ4n) is 2.62. The van der Waals surface area contributed by atoms with Gasteiger partial charge >= 0.3 is 0 Å². The van der Waals surface area contributed by atoms with Crippen LogP contribution in [0.15, 0.2) is 16.3 Å². The van der Waals surface area contributed by atoms with Gasteiger partial charge in [0.05, 0.1) is 11.5 Å². The zero-order valence-electron chi connectivity index (χ0n) is 11.9. The first-order chi connectivity index (χ1) is 9.50. The first kappa shape index (κ1) is 15.9. The summed E-state index contributed by atoms with van der Waals surface area (Å²) in [6.45, 7) is 4.80. The van der Waals surface area contributed by atoms with E-state index < -0.39 is 10.0 Å². The SMILES string of the molecule is CCN1CCC(N(C)S(=O)(=O)c2ccsc2CO)CC1. The van der Waals surface area contributed by atoms with E-state index in [1.807, 2.05) is 0 Å². The Kier molecular flexibility index (Phi) is 5.19. The number of sulfonamides is 1. The van der Waals surface area contributed by atoms with Crippen molar-refractivity contribution >= 4 is 21.4 Å². The lowest BCUT2D eigenvalue weighted by Gasteiger charge is -2.35. The molecule has 0 amide bonds. The quantitative estimate of drug-likeness (QED) is 0.890. The summed E-state index contributed by atoms with van der Waals surface area (Å²) in [6.07, 6.45) is 1.73. The highest BCUT2D eigenvalue weighted by molar-refractivity contribution is 7.89. The van der Waals surface area contributed by atoms with Crippen LogP contribution in [-0.4, -0.2) is 55.5 Å². The molecule has 7 heteroatoms. The molecule has 0 unspecified atom stereocenters. The van der Waals surface area contributed by atoms with Crippen LogP contribution in [0.2, 0.25) is 0 Å². The molecule has 1 fully saturated rings. The molecule has 0 saturated carbocycles. The van der Waals surface area contributed by atoms with Crippen molar-refractivity contribution in [1.82, 2.24) is 9.21 Å². The number of thiophene rings is 1. The maximum Gasteiger partial charge on any atom is 0.244 e. The molecule has 1 aliphatic rings. The second-order valence-electron chi connectivity index (χ2n) is 5.05. The average molecular weight is 318 g/mol. The number of hydrogen-bond acceptors (Lipinski definition) is 5. The lowest BCUT2D eigenvalue weighted by molar-refractivity contribution is 0.176. The van der Waals surface area contributed by atoms with Gasteiger partial charge in [0.2, 0.25) is 10.0 Å². The predicted octanol–water partition coefficient (Wildman–Crippen LogP) is 1.35. The van der Waals surface area contributed by atoms with Gasteiger partial charge in [-0.2, -0.15) is 4.31 Å². The van der Waals surface area contributed by atoms with Crippen LogP contribution in [0.1, 0.15) is 24.6 Å². The molecule has 1 aromatic heterocycles. The minimum Gasteiger partial charge on any atom is -0.391 e. The molecule has 20 heavy (non-hydrogen) atoms. The first-order valence-electron chi connectivity index (χ1n) is 6.88. The number of nitrogens with zero attached hydrogens (tertiary/aromatic N) is 2. The molecule has 1 N–H and O–H groups in total. The molecular formula is C13H22N2O3S2. The van der Waals surface area contributed by atoms with Gasteiger partial charge < -0.3 is 10.0 Å². The predicted molar refractivity (Wildman–Crippen MR) is 80.3 cm³/mol. The number of hydrogen-bond donors (Lipinski definition) is 1. The average Bonchev–Trinajstić information content (AvgIpc) is 2.95. The molecule has 0 bridgehead atoms. The molecular weight excluding hydrogens is 296 g/mol. The topological polar surface area (TPSA) is 60.9 Å². The van der Waals surface area contributed by atoms with E-state index in [9.17, 15) is 13.5 Å². The second-order valence-corrected chi connectivity index (χ2v) is 8.02. The standard InChI is InChI=1S/C13H22N2O3S2/c1-3-15-7-4-11(5-8-15)14(2)20(17,18)13-6-9-19-12(13)10-16/h6,9,11,16H,3-5,7-8,10H2,1-2H3. The number of piperidine rings is 1. The Balaban J connectivity index is 2.14. The van der Waals surface area contributed by atoms with E-state index in [-0.39, 0.29) is 17.5 Å². The van der Waals surface area contributed by atoms with Gasteiger partial charge in [-0.05, 0) is 43.9 Å². The smallest absolute Gasteiger partial charge is 0.244 e. The van der Waals surface area contributed by atoms with Crippen molar-refractivity contribution < 1.29 is 13.5 Å². The third-order valence-electron chi connectivity index (χ3n) is 4.02. The van der Waals surface area contributed by atoms with Gasteiger partial charge in [0.25, 0.3) is 0 Å². The molecule has 2 heterocycles. The normalized spacial score (nSPS) is 18.8. The monoisotopic (exact) mass is 318 g/mol. The Bertz CT molecular complexity index is 534. The highest BCUT2D eigenvalue weighted by atomic mass is 32.2. The van der Waals surface area contributed by atoms with Crippen LogP contribution in [0.3, 0.4) is 0 Å². The Morgan fingerprint density at radius 3 is 2.65 bits per heavy atom. The summed E-state index contributed by atoms with van der Waals surface area (Å²) in [7, 11) is -1.84. The molecule has 1 saturated heterocycles. The van der Waals surface area contributed by atoms with E-state index in [0.717, 1.165) is 32.5 Å². The zero-order valence-corrected chi connectivity index (χ0v) is 13.6. The van der Waals surface area contributed by atoms with Crippen molar-refractivity contribution in [2.24, 2.45) is 0 Å². The molecule has 0 spiro atoms. The number of aliphatic hydroxyl groups is 1. The van der Waals surface area contributed by atoms with Gasteiger partial charge in [-0.25, -0.2) is 8.42 Å². The van der Waals surface area contributed by atoms with Crippen molar-refractivity contribution in [2.45, 2.75) is 37.3 Å². The van der Waals surface area contributed by atoms with Gasteiger partial charge in [0.1, 0.15) is 0 Å². The lowest BCUT2D eigenvalue weighted by Crippen LogP contribution is -2.45. The van der Waals surface area contributed by atoms with E-state index in [1.54, 1.807) is 18.5 Å². The van der Waals surface area contributed by atoms with E-state index in [1.165, 1.54) is 15.6 Å². The van der Waals surface area contributed by atoms with Crippen LogP contribution >= 0.6 is 11.3 Å². The maximum atomic E-state index is 12.6. The van der Waals surface area contributed by atoms with Crippen LogP contribution in [0, 0.1) is 0 Å². The highest BCUT2D eigenvalue weighted by Gasteiger charge is 2.32. The Morgan fingerprint density at radius 1 is 1.45 bits per heavy atom. The van der Waals surface area contributed by atoms with Crippen LogP contribution in [0.4, 0.5) is 0 Å². The Labute approximate surface area is 124 Å². The summed E-state index contributed by atoms with van der Waals surface area (Å²) < 4.78 is 26.7. The van der Waals surface area contributed by atoms with E-state index in [4.69, 9.17) is 0 Å². The fourth-order valence-corrected chi connectivity index (χ4v) is 5.30. The van der Waals surface area contributed by atoms with Crippen LogP contribution in [0.25, 0.3) is 0 Å². The van der Waals surface area contributed by atoms with E-state index >= 15 is 0 Å². The van der Waals surface area contributed by atoms with Crippen LogP contribution in [0.5, 0.6) is 0 Å². The van der Waals surface area contributed by atoms with Gasteiger partial charge in [-0.15, -0.1) is 11.3 Å². The summed E-state index contributed by atoms with van der Waals surface area (Å²) >= 11 is 1.28. The van der Waals surface area contributed by atoms with Crippen molar-refractivity contribution in [1.29, 1.82) is 0 Å². The molecule has 0 atom stereocenters. The molecule has 1 aromatic rings. The van der Waals surface area contributed by atoms with Gasteiger partial charge in [-0.1, -0.05) is 6.92 Å². The molecule has 114 valence electrons. The second kappa shape index (κ2) is 6.53. The van der Waals surface area contributed by atoms with E-state index in [0.29, 0.717) is 4.88 Å². The lowest BCUT2D eigenvalue weighted by atomic mass is 10.1. The van der Waals surface area contributed by atoms with Crippen molar-refractivity contribution in [2.75, 3.05) is 26.7 Å². The summed E-state index contributed by atoms with van der Waals surface area (Å²) in [5, 5.41) is 11.0. The maximum absolute atomic E-state index is 12.6. The van der Waals surface area contributed by atoms with Crippen molar-refractivity contribution in [3.8, 4) is 0 Å². The zero-order chi connectivity index (χ0) is 14.8. The molecule has 2 rings (SSSR count). The van der Waals surface area contributed by atoms with Crippen LogP contribution < -0.4 is 0 Å². The van der Waals surface area contributed by atoms with Gasteiger partial charge in [0.15, 0.2) is 0 Å². The van der Waals surface area contributed by atoms with E-state index in [2.05, 4.69) is 11.8 Å². The number of rotatable bonds is 5.